The van der Waals surface area contributed by atoms with Gasteiger partial charge in [-0.05, 0) is 61.5 Å². The standard InChI is InChI=1S/C24H31ClO5/c1-13-9-18-17-6-5-15-10-16(27)7-8-22(15,3)21(17)19(25)11-23(18,4)24(13,29)20(28)12-30-14(2)26/h7-8,10,13,17-19,21,29H,5-6,9,11-12H2,1-4H3/t13?,17-,18-,19?,21+,22-,23-,24-/m0/s1. The molecule has 0 spiro atoms. The maximum absolute atomic E-state index is 13.1. The van der Waals surface area contributed by atoms with Crippen molar-refractivity contribution in [3.05, 3.63) is 23.8 Å². The van der Waals surface area contributed by atoms with Crippen molar-refractivity contribution in [3.63, 3.8) is 0 Å². The molecule has 0 aromatic carbocycles. The molecular formula is C24H31ClO5. The molecule has 0 amide bonds. The van der Waals surface area contributed by atoms with Crippen LogP contribution in [0.15, 0.2) is 23.8 Å². The first kappa shape index (κ1) is 21.8. The number of carbonyl (C=O) groups excluding carboxylic acids is 3. The van der Waals surface area contributed by atoms with Gasteiger partial charge in [-0.1, -0.05) is 32.4 Å². The van der Waals surface area contributed by atoms with E-state index in [9.17, 15) is 19.5 Å². The second-order valence-electron chi connectivity index (χ2n) is 10.3. The maximum atomic E-state index is 13.1. The summed E-state index contributed by atoms with van der Waals surface area (Å²) in [6.07, 6.45) is 8.42. The van der Waals surface area contributed by atoms with Gasteiger partial charge >= 0.3 is 5.97 Å². The van der Waals surface area contributed by atoms with Crippen molar-refractivity contribution in [3.8, 4) is 0 Å². The summed E-state index contributed by atoms with van der Waals surface area (Å²) in [6.45, 7) is 6.94. The highest BCUT2D eigenvalue weighted by Crippen LogP contribution is 2.69. The van der Waals surface area contributed by atoms with E-state index in [4.69, 9.17) is 16.3 Å². The Balaban J connectivity index is 1.70. The molecule has 3 saturated carbocycles. The minimum Gasteiger partial charge on any atom is -0.458 e. The molecular weight excluding hydrogens is 404 g/mol. The van der Waals surface area contributed by atoms with Crippen LogP contribution in [-0.2, 0) is 19.1 Å². The Morgan fingerprint density at radius 3 is 2.70 bits per heavy atom. The Kier molecular flexibility index (Phi) is 5.10. The minimum atomic E-state index is -1.57. The molecule has 164 valence electrons. The van der Waals surface area contributed by atoms with Gasteiger partial charge in [-0.15, -0.1) is 11.6 Å². The van der Waals surface area contributed by atoms with E-state index in [0.29, 0.717) is 6.42 Å². The normalized spacial score (nSPS) is 47.1. The molecule has 2 unspecified atom stereocenters. The maximum Gasteiger partial charge on any atom is 0.303 e. The molecule has 0 saturated heterocycles. The highest BCUT2D eigenvalue weighted by atomic mass is 35.5. The van der Waals surface area contributed by atoms with Gasteiger partial charge < -0.3 is 9.84 Å². The first-order valence-electron chi connectivity index (χ1n) is 10.9. The number of halogens is 1. The Morgan fingerprint density at radius 1 is 1.33 bits per heavy atom. The number of fused-ring (bicyclic) bond motifs is 5. The average Bonchev–Trinajstić information content (AvgIpc) is 2.87. The average molecular weight is 435 g/mol. The summed E-state index contributed by atoms with van der Waals surface area (Å²) in [5, 5.41) is 11.5. The molecule has 3 fully saturated rings. The van der Waals surface area contributed by atoms with Crippen LogP contribution >= 0.6 is 11.6 Å². The van der Waals surface area contributed by atoms with Gasteiger partial charge in [0.1, 0.15) is 5.60 Å². The van der Waals surface area contributed by atoms with Crippen LogP contribution < -0.4 is 0 Å². The summed E-state index contributed by atoms with van der Waals surface area (Å²) in [6, 6.07) is 0. The van der Waals surface area contributed by atoms with Gasteiger partial charge in [-0.2, -0.15) is 0 Å². The lowest BCUT2D eigenvalue weighted by Gasteiger charge is -2.59. The van der Waals surface area contributed by atoms with Crippen LogP contribution in [0.4, 0.5) is 0 Å². The molecule has 0 aromatic rings. The number of carbonyl (C=O) groups is 3. The summed E-state index contributed by atoms with van der Waals surface area (Å²) in [5.74, 6) is -0.620. The highest BCUT2D eigenvalue weighted by Gasteiger charge is 2.70. The molecule has 0 heterocycles. The minimum absolute atomic E-state index is 0.0348. The molecule has 0 bridgehead atoms. The van der Waals surface area contributed by atoms with Gasteiger partial charge in [0.05, 0.1) is 0 Å². The third-order valence-corrected chi connectivity index (χ3v) is 9.30. The number of esters is 1. The molecule has 4 aliphatic rings. The zero-order valence-corrected chi connectivity index (χ0v) is 18.9. The van der Waals surface area contributed by atoms with E-state index < -0.39 is 29.4 Å². The Morgan fingerprint density at radius 2 is 2.03 bits per heavy atom. The fourth-order valence-corrected chi connectivity index (χ4v) is 8.23. The molecule has 5 nitrogen and oxygen atoms in total. The topological polar surface area (TPSA) is 80.7 Å². The fraction of sp³-hybridized carbons (Fsp3) is 0.708. The van der Waals surface area contributed by atoms with E-state index >= 15 is 0 Å². The van der Waals surface area contributed by atoms with Crippen molar-refractivity contribution in [2.24, 2.45) is 34.5 Å². The van der Waals surface area contributed by atoms with Gasteiger partial charge in [-0.25, -0.2) is 0 Å². The van der Waals surface area contributed by atoms with E-state index in [1.165, 1.54) is 6.92 Å². The van der Waals surface area contributed by atoms with Gasteiger partial charge in [-0.3, -0.25) is 14.4 Å². The number of ether oxygens (including phenoxy) is 1. The van der Waals surface area contributed by atoms with Gasteiger partial charge in [0.15, 0.2) is 12.4 Å². The van der Waals surface area contributed by atoms with Crippen molar-refractivity contribution in [1.82, 2.24) is 0 Å². The van der Waals surface area contributed by atoms with Gasteiger partial charge in [0, 0.05) is 23.1 Å². The lowest BCUT2D eigenvalue weighted by atomic mass is 9.47. The molecule has 0 aliphatic heterocycles. The molecule has 8 atom stereocenters. The summed E-state index contributed by atoms with van der Waals surface area (Å²) >= 11 is 7.05. The van der Waals surface area contributed by atoms with Crippen molar-refractivity contribution in [2.75, 3.05) is 6.61 Å². The zero-order chi connectivity index (χ0) is 22.1. The van der Waals surface area contributed by atoms with Crippen LogP contribution in [-0.4, -0.2) is 40.2 Å². The predicted molar refractivity (Wildman–Crippen MR) is 113 cm³/mol. The molecule has 4 rings (SSSR count). The van der Waals surface area contributed by atoms with Gasteiger partial charge in [0.25, 0.3) is 0 Å². The second-order valence-corrected chi connectivity index (χ2v) is 10.8. The van der Waals surface area contributed by atoms with Crippen LogP contribution in [0, 0.1) is 34.5 Å². The third-order valence-electron chi connectivity index (χ3n) is 8.87. The quantitative estimate of drug-likeness (QED) is 0.542. The van der Waals surface area contributed by atoms with Gasteiger partial charge in [0.2, 0.25) is 5.78 Å². The van der Waals surface area contributed by atoms with Crippen LogP contribution in [0.1, 0.15) is 53.4 Å². The summed E-state index contributed by atoms with van der Waals surface area (Å²) in [5.41, 5.74) is -1.36. The van der Waals surface area contributed by atoms with Crippen molar-refractivity contribution >= 4 is 29.1 Å². The van der Waals surface area contributed by atoms with Crippen molar-refractivity contribution < 1.29 is 24.2 Å². The summed E-state index contributed by atoms with van der Waals surface area (Å²) < 4.78 is 4.95. The molecule has 6 heteroatoms. The number of hydrogen-bond acceptors (Lipinski definition) is 5. The van der Waals surface area contributed by atoms with E-state index in [0.717, 1.165) is 24.8 Å². The lowest BCUT2D eigenvalue weighted by Crippen LogP contribution is -2.62. The fourth-order valence-electron chi connectivity index (χ4n) is 7.46. The number of hydrogen-bond donors (Lipinski definition) is 1. The first-order chi connectivity index (χ1) is 13.9. The molecule has 0 aromatic heterocycles. The van der Waals surface area contributed by atoms with Crippen LogP contribution in [0.25, 0.3) is 0 Å². The molecule has 1 N–H and O–H groups in total. The number of rotatable bonds is 3. The van der Waals surface area contributed by atoms with E-state index in [1.807, 2.05) is 19.9 Å². The third kappa shape index (κ3) is 2.81. The number of aliphatic hydroxyl groups is 1. The monoisotopic (exact) mass is 434 g/mol. The molecule has 30 heavy (non-hydrogen) atoms. The second kappa shape index (κ2) is 7.03. The molecule has 0 radical (unpaired) electrons. The summed E-state index contributed by atoms with van der Waals surface area (Å²) in [4.78, 5) is 36.3. The van der Waals surface area contributed by atoms with Crippen molar-refractivity contribution in [2.45, 2.75) is 64.4 Å². The smallest absolute Gasteiger partial charge is 0.303 e. The van der Waals surface area contributed by atoms with Crippen LogP contribution in [0.3, 0.4) is 0 Å². The molecule has 4 aliphatic carbocycles. The number of alkyl halides is 1. The van der Waals surface area contributed by atoms with E-state index in [2.05, 4.69) is 6.92 Å². The first-order valence-corrected chi connectivity index (χ1v) is 11.4. The van der Waals surface area contributed by atoms with E-state index in [1.54, 1.807) is 12.2 Å². The van der Waals surface area contributed by atoms with Crippen molar-refractivity contribution in [1.29, 1.82) is 0 Å². The number of ketones is 2. The van der Waals surface area contributed by atoms with E-state index in [-0.39, 0.29) is 40.2 Å². The number of Topliss-reactive ketones (excluding diaryl/α,β-unsaturated/α-hetero) is 1. The lowest BCUT2D eigenvalue weighted by molar-refractivity contribution is -0.173. The Bertz CT molecular complexity index is 862. The van der Waals surface area contributed by atoms with Crippen LogP contribution in [0.5, 0.6) is 0 Å². The number of allylic oxidation sites excluding steroid dienone is 4. The zero-order valence-electron chi connectivity index (χ0n) is 18.1. The SMILES string of the molecule is CC(=O)OCC(=O)[C@@]1(O)C(C)C[C@H]2[C@@H]3CCC4=CC(=O)C=C[C@]4(C)[C@H]3C(Cl)C[C@@]21C. The summed E-state index contributed by atoms with van der Waals surface area (Å²) in [7, 11) is 0. The Labute approximate surface area is 182 Å². The highest BCUT2D eigenvalue weighted by molar-refractivity contribution is 6.21. The largest absolute Gasteiger partial charge is 0.458 e. The Hall–Kier alpha value is -1.46. The van der Waals surface area contributed by atoms with Crippen LogP contribution in [0.2, 0.25) is 0 Å². The predicted octanol–water partition coefficient (Wildman–Crippen LogP) is 3.62.